The van der Waals surface area contributed by atoms with E-state index in [1.165, 1.54) is 0 Å². The van der Waals surface area contributed by atoms with Crippen molar-refractivity contribution in [3.05, 3.63) is 0 Å². The Kier molecular flexibility index (Phi) is 7.79. The summed E-state index contributed by atoms with van der Waals surface area (Å²) < 4.78 is 2.84. The zero-order valence-corrected chi connectivity index (χ0v) is 15.1. The average Bonchev–Trinajstić information content (AvgIpc) is 2.42. The minimum absolute atomic E-state index is 0.112. The Hall–Kier alpha value is 0.200. The third-order valence-corrected chi connectivity index (χ3v) is 5.80. The van der Waals surface area contributed by atoms with Crippen LogP contribution in [-0.4, -0.2) is 5.91 Å². The normalized spacial score (nSPS) is 14.4. The molecule has 0 aromatic rings. The molecule has 0 aliphatic heterocycles. The number of carbonyl (C=O) groups excluding carboxylic acids is 1. The summed E-state index contributed by atoms with van der Waals surface area (Å²) in [6.45, 7) is 13.4. The van der Waals surface area contributed by atoms with Crippen molar-refractivity contribution in [3.8, 4) is 0 Å². The Balaban J connectivity index is 5.19. The van der Waals surface area contributed by atoms with Gasteiger partial charge in [-0.3, -0.25) is 8.32 Å². The molecule has 1 N–H and O–H groups in total. The van der Waals surface area contributed by atoms with Crippen molar-refractivity contribution >= 4 is 28.8 Å². The fraction of sp³-hybridized carbons (Fsp3) is 0.933. The molecule has 0 spiro atoms. The van der Waals surface area contributed by atoms with E-state index < -0.39 is 0 Å². The van der Waals surface area contributed by atoms with Gasteiger partial charge in [-0.05, 0) is 30.1 Å². The van der Waals surface area contributed by atoms with Crippen LogP contribution in [0.25, 0.3) is 0 Å². The zero-order valence-electron chi connectivity index (χ0n) is 12.9. The van der Waals surface area contributed by atoms with Crippen molar-refractivity contribution < 1.29 is 4.79 Å². The molecule has 0 radical (unpaired) electrons. The molecule has 0 fully saturated rings. The largest absolute Gasteiger partial charge is 0.299 e. The predicted molar refractivity (Wildman–Crippen MR) is 87.6 cm³/mol. The van der Waals surface area contributed by atoms with E-state index in [9.17, 15) is 4.79 Å². The van der Waals surface area contributed by atoms with E-state index >= 15 is 0 Å². The van der Waals surface area contributed by atoms with Crippen molar-refractivity contribution in [2.24, 2.45) is 16.7 Å². The van der Waals surface area contributed by atoms with Crippen molar-refractivity contribution in [2.45, 2.75) is 73.6 Å². The molecule has 1 atom stereocenters. The molecule has 0 saturated carbocycles. The van der Waals surface area contributed by atoms with Gasteiger partial charge in [0.2, 0.25) is 5.91 Å². The Labute approximate surface area is 127 Å². The zero-order chi connectivity index (χ0) is 14.4. The molecule has 0 bridgehead atoms. The van der Waals surface area contributed by atoms with Crippen LogP contribution >= 0.6 is 22.9 Å². The lowest BCUT2D eigenvalue weighted by molar-refractivity contribution is -0.128. The molecule has 0 aromatic heterocycles. The molecule has 0 heterocycles. The summed E-state index contributed by atoms with van der Waals surface area (Å²) >= 11 is 1.98. The van der Waals surface area contributed by atoms with Crippen LogP contribution in [0.15, 0.2) is 0 Å². The second-order valence-electron chi connectivity index (χ2n) is 6.09. The minimum Gasteiger partial charge on any atom is -0.299 e. The predicted octanol–water partition coefficient (Wildman–Crippen LogP) is 5.11. The number of hydrogen-bond donors (Lipinski definition) is 1. The summed E-state index contributed by atoms with van der Waals surface area (Å²) in [7, 11) is 0. The van der Waals surface area contributed by atoms with Gasteiger partial charge in [-0.25, -0.2) is 0 Å². The number of nitrogens with one attached hydrogen (secondary N) is 1. The maximum absolute atomic E-state index is 12.3. The molecule has 18 heavy (non-hydrogen) atoms. The van der Waals surface area contributed by atoms with E-state index in [2.05, 4.69) is 45.1 Å². The van der Waals surface area contributed by atoms with Gasteiger partial charge in [0.05, 0.1) is 22.9 Å². The highest BCUT2D eigenvalue weighted by atomic mass is 127. The molecule has 0 aliphatic carbocycles. The first-order valence-electron chi connectivity index (χ1n) is 7.22. The van der Waals surface area contributed by atoms with E-state index in [1.54, 1.807) is 0 Å². The number of rotatable bonds is 8. The van der Waals surface area contributed by atoms with Crippen LogP contribution in [0.5, 0.6) is 0 Å². The fourth-order valence-corrected chi connectivity index (χ4v) is 2.87. The summed E-state index contributed by atoms with van der Waals surface area (Å²) in [5, 5.41) is 0. The van der Waals surface area contributed by atoms with Crippen LogP contribution in [0.2, 0.25) is 0 Å². The molecule has 1 unspecified atom stereocenters. The maximum Gasteiger partial charge on any atom is 0.232 e. The van der Waals surface area contributed by atoms with Crippen molar-refractivity contribution in [1.29, 1.82) is 0 Å². The lowest BCUT2D eigenvalue weighted by Crippen LogP contribution is -2.40. The van der Waals surface area contributed by atoms with Crippen LogP contribution < -0.4 is 3.53 Å². The van der Waals surface area contributed by atoms with Gasteiger partial charge in [0.1, 0.15) is 0 Å². The monoisotopic (exact) mass is 367 g/mol. The van der Waals surface area contributed by atoms with Gasteiger partial charge >= 0.3 is 0 Å². The van der Waals surface area contributed by atoms with Gasteiger partial charge in [0.15, 0.2) is 0 Å². The number of halogens is 1. The number of carbonyl (C=O) groups is 1. The first kappa shape index (κ1) is 18.2. The van der Waals surface area contributed by atoms with E-state index in [4.69, 9.17) is 0 Å². The Bertz CT molecular complexity index is 257. The van der Waals surface area contributed by atoms with Gasteiger partial charge in [0, 0.05) is 5.92 Å². The van der Waals surface area contributed by atoms with Crippen LogP contribution in [0.4, 0.5) is 0 Å². The quantitative estimate of drug-likeness (QED) is 0.469. The van der Waals surface area contributed by atoms with Crippen molar-refractivity contribution in [3.63, 3.8) is 0 Å². The van der Waals surface area contributed by atoms with Crippen LogP contribution in [0.1, 0.15) is 73.6 Å². The number of hydrogen-bond acceptors (Lipinski definition) is 1. The molecule has 1 amide bonds. The highest BCUT2D eigenvalue weighted by molar-refractivity contribution is 14.1. The summed E-state index contributed by atoms with van der Waals surface area (Å²) in [4.78, 5) is 12.3. The highest BCUT2D eigenvalue weighted by Crippen LogP contribution is 2.44. The molecule has 0 rings (SSSR count). The van der Waals surface area contributed by atoms with E-state index in [-0.39, 0.29) is 22.7 Å². The third-order valence-electron chi connectivity index (χ3n) is 5.27. The van der Waals surface area contributed by atoms with E-state index in [0.717, 1.165) is 32.1 Å². The van der Waals surface area contributed by atoms with E-state index in [0.29, 0.717) is 0 Å². The van der Waals surface area contributed by atoms with Gasteiger partial charge in [-0.2, -0.15) is 0 Å². The lowest BCUT2D eigenvalue weighted by atomic mass is 9.65. The average molecular weight is 367 g/mol. The number of amides is 1. The Morgan fingerprint density at radius 2 is 1.50 bits per heavy atom. The molecular weight excluding hydrogens is 337 g/mol. The molecule has 0 aliphatic rings. The van der Waals surface area contributed by atoms with Crippen LogP contribution in [0, 0.1) is 16.7 Å². The van der Waals surface area contributed by atoms with Gasteiger partial charge in [-0.15, -0.1) is 0 Å². The third kappa shape index (κ3) is 4.39. The van der Waals surface area contributed by atoms with E-state index in [1.807, 2.05) is 22.9 Å². The lowest BCUT2D eigenvalue weighted by Gasteiger charge is -2.40. The Morgan fingerprint density at radius 1 is 1.06 bits per heavy atom. The summed E-state index contributed by atoms with van der Waals surface area (Å²) in [6, 6.07) is 0. The highest BCUT2D eigenvalue weighted by Gasteiger charge is 2.39. The molecule has 3 heteroatoms. The molecule has 0 aromatic carbocycles. The smallest absolute Gasteiger partial charge is 0.232 e. The fourth-order valence-electron chi connectivity index (χ4n) is 2.50. The van der Waals surface area contributed by atoms with Gasteiger partial charge < -0.3 is 0 Å². The minimum atomic E-state index is 0.112. The molecule has 2 nitrogen and oxygen atoms in total. The SMILES string of the molecule is CCC(C)(CC)CC(C(=O)NI)C(C)(CC)CC. The standard InChI is InChI=1S/C15H30INO/c1-7-14(5,8-2)11-12(13(18)17-16)15(6,9-3)10-4/h12H,7-11H2,1-6H3,(H,17,18). The summed E-state index contributed by atoms with van der Waals surface area (Å²) in [5.41, 5.74) is 0.389. The first-order chi connectivity index (χ1) is 8.32. The van der Waals surface area contributed by atoms with Crippen molar-refractivity contribution in [2.75, 3.05) is 0 Å². The molecule has 108 valence electrons. The molecule has 0 saturated heterocycles. The second-order valence-corrected chi connectivity index (χ2v) is 6.63. The topological polar surface area (TPSA) is 29.1 Å². The molecular formula is C15H30INO. The maximum atomic E-state index is 12.3. The summed E-state index contributed by atoms with van der Waals surface area (Å²) in [6.07, 6.45) is 5.38. The van der Waals surface area contributed by atoms with Crippen molar-refractivity contribution in [1.82, 2.24) is 3.53 Å². The first-order valence-corrected chi connectivity index (χ1v) is 8.30. The van der Waals surface area contributed by atoms with Gasteiger partial charge in [-0.1, -0.05) is 54.4 Å². The van der Waals surface area contributed by atoms with Crippen LogP contribution in [-0.2, 0) is 4.79 Å². The summed E-state index contributed by atoms with van der Waals surface area (Å²) in [5.74, 6) is 0.323. The Morgan fingerprint density at radius 3 is 1.78 bits per heavy atom. The second kappa shape index (κ2) is 7.71. The van der Waals surface area contributed by atoms with Gasteiger partial charge in [0.25, 0.3) is 0 Å². The van der Waals surface area contributed by atoms with Crippen LogP contribution in [0.3, 0.4) is 0 Å².